The number of ether oxygens (including phenoxy) is 2. The Morgan fingerprint density at radius 2 is 1.46 bits per heavy atom. The molecular weight excluding hydrogens is 468 g/mol. The van der Waals surface area contributed by atoms with Crippen molar-refractivity contribution in [3.05, 3.63) is 71.8 Å². The molecule has 0 aromatic heterocycles. The Bertz CT molecular complexity index is 1020. The second-order valence-corrected chi connectivity index (χ2v) is 11.0. The van der Waals surface area contributed by atoms with Gasteiger partial charge in [-0.3, -0.25) is 9.59 Å². The molecule has 1 fully saturated rings. The molecule has 2 unspecified atom stereocenters. The van der Waals surface area contributed by atoms with E-state index in [0.717, 1.165) is 11.1 Å². The number of benzene rings is 2. The number of carbonyl (C=O) groups is 3. The summed E-state index contributed by atoms with van der Waals surface area (Å²) in [5.74, 6) is -1.04. The monoisotopic (exact) mass is 508 g/mol. The Hall–Kier alpha value is -3.35. The lowest BCUT2D eigenvalue weighted by molar-refractivity contribution is -0.154. The molecule has 1 aliphatic heterocycles. The zero-order valence-electron chi connectivity index (χ0n) is 22.6. The Labute approximate surface area is 220 Å². The van der Waals surface area contributed by atoms with Crippen LogP contribution in [0.1, 0.15) is 65.0 Å². The molecule has 0 aliphatic carbocycles. The van der Waals surface area contributed by atoms with E-state index in [2.05, 4.69) is 5.32 Å². The first-order valence-electron chi connectivity index (χ1n) is 13.1. The van der Waals surface area contributed by atoms with E-state index in [1.165, 1.54) is 0 Å². The Kier molecular flexibility index (Phi) is 9.73. The van der Waals surface area contributed by atoms with Crippen molar-refractivity contribution in [3.8, 4) is 0 Å². The minimum atomic E-state index is -0.587. The highest BCUT2D eigenvalue weighted by Crippen LogP contribution is 2.26. The maximum absolute atomic E-state index is 13.5. The quantitative estimate of drug-likeness (QED) is 0.491. The van der Waals surface area contributed by atoms with Crippen LogP contribution in [0.2, 0.25) is 0 Å². The Morgan fingerprint density at radius 1 is 0.919 bits per heavy atom. The van der Waals surface area contributed by atoms with Crippen molar-refractivity contribution >= 4 is 18.0 Å². The van der Waals surface area contributed by atoms with Crippen LogP contribution in [0.4, 0.5) is 4.79 Å². The van der Waals surface area contributed by atoms with Crippen LogP contribution in [-0.4, -0.2) is 46.6 Å². The van der Waals surface area contributed by atoms with Crippen molar-refractivity contribution in [3.63, 3.8) is 0 Å². The lowest BCUT2D eigenvalue weighted by atomic mass is 9.90. The zero-order valence-corrected chi connectivity index (χ0v) is 22.6. The standard InChI is InChI=1S/C30H40N2O5/c1-21-16-26(31-29(35)37-30(3,4)5)17-22(2)32(21)27(33)19-25(18-23-12-8-6-9-13-23)28(34)36-20-24-14-10-7-11-15-24/h6-15,21-22,25-26H,16-20H2,1-5H3,(H,31,35)/t21?,22?,25-,26?/m1/s1. The van der Waals surface area contributed by atoms with Gasteiger partial charge in [0.2, 0.25) is 5.91 Å². The number of carbonyl (C=O) groups excluding carboxylic acids is 3. The molecule has 200 valence electrons. The summed E-state index contributed by atoms with van der Waals surface area (Å²) < 4.78 is 11.0. The molecule has 0 bridgehead atoms. The van der Waals surface area contributed by atoms with E-state index in [0.29, 0.717) is 19.3 Å². The first-order chi connectivity index (χ1) is 17.5. The van der Waals surface area contributed by atoms with Gasteiger partial charge in [-0.1, -0.05) is 60.7 Å². The van der Waals surface area contributed by atoms with Gasteiger partial charge in [-0.2, -0.15) is 0 Å². The summed E-state index contributed by atoms with van der Waals surface area (Å²) in [5.41, 5.74) is 1.32. The van der Waals surface area contributed by atoms with Crippen LogP contribution in [0.15, 0.2) is 60.7 Å². The summed E-state index contributed by atoms with van der Waals surface area (Å²) in [4.78, 5) is 40.8. The fourth-order valence-corrected chi connectivity index (χ4v) is 4.97. The van der Waals surface area contributed by atoms with Gasteiger partial charge in [0.05, 0.1) is 5.92 Å². The predicted octanol–water partition coefficient (Wildman–Crippen LogP) is 5.27. The van der Waals surface area contributed by atoms with Crippen LogP contribution in [0.5, 0.6) is 0 Å². The molecule has 2 aromatic carbocycles. The third kappa shape index (κ3) is 8.92. The van der Waals surface area contributed by atoms with E-state index in [-0.39, 0.29) is 43.0 Å². The topological polar surface area (TPSA) is 84.9 Å². The molecule has 3 atom stereocenters. The highest BCUT2D eigenvalue weighted by Gasteiger charge is 2.37. The first kappa shape index (κ1) is 28.2. The van der Waals surface area contributed by atoms with Crippen molar-refractivity contribution in [2.75, 3.05) is 0 Å². The molecule has 7 nitrogen and oxygen atoms in total. The van der Waals surface area contributed by atoms with Crippen LogP contribution in [0.3, 0.4) is 0 Å². The third-order valence-corrected chi connectivity index (χ3v) is 6.51. The van der Waals surface area contributed by atoms with Gasteiger partial charge in [0, 0.05) is 24.5 Å². The van der Waals surface area contributed by atoms with E-state index in [1.54, 1.807) is 0 Å². The molecule has 1 saturated heterocycles. The lowest BCUT2D eigenvalue weighted by Crippen LogP contribution is -2.55. The van der Waals surface area contributed by atoms with E-state index in [1.807, 2.05) is 100 Å². The Balaban J connectivity index is 1.64. The SMILES string of the molecule is CC1CC(NC(=O)OC(C)(C)C)CC(C)N1C(=O)C[C@@H](Cc1ccccc1)C(=O)OCc1ccccc1. The van der Waals surface area contributed by atoms with Gasteiger partial charge in [0.15, 0.2) is 0 Å². The maximum atomic E-state index is 13.5. The third-order valence-electron chi connectivity index (χ3n) is 6.51. The number of hydrogen-bond donors (Lipinski definition) is 1. The van der Waals surface area contributed by atoms with Gasteiger partial charge in [-0.05, 0) is 65.0 Å². The fraction of sp³-hybridized carbons (Fsp3) is 0.500. The molecule has 1 heterocycles. The Morgan fingerprint density at radius 3 is 2.00 bits per heavy atom. The molecule has 3 rings (SSSR count). The van der Waals surface area contributed by atoms with E-state index in [4.69, 9.17) is 9.47 Å². The number of esters is 1. The molecule has 1 N–H and O–H groups in total. The molecule has 37 heavy (non-hydrogen) atoms. The minimum Gasteiger partial charge on any atom is -0.461 e. The number of nitrogens with zero attached hydrogens (tertiary/aromatic N) is 1. The second-order valence-electron chi connectivity index (χ2n) is 11.0. The predicted molar refractivity (Wildman–Crippen MR) is 143 cm³/mol. The summed E-state index contributed by atoms with van der Waals surface area (Å²) in [6.45, 7) is 9.63. The van der Waals surface area contributed by atoms with Gasteiger partial charge in [0.1, 0.15) is 12.2 Å². The minimum absolute atomic E-state index is 0.0708. The number of hydrogen-bond acceptors (Lipinski definition) is 5. The van der Waals surface area contributed by atoms with Crippen LogP contribution < -0.4 is 5.32 Å². The number of likely N-dealkylation sites (tertiary alicyclic amines) is 1. The normalized spacial score (nSPS) is 20.6. The zero-order chi connectivity index (χ0) is 27.0. The van der Waals surface area contributed by atoms with Gasteiger partial charge >= 0.3 is 12.1 Å². The van der Waals surface area contributed by atoms with Crippen molar-refractivity contribution in [2.45, 2.75) is 90.6 Å². The fourth-order valence-electron chi connectivity index (χ4n) is 4.97. The van der Waals surface area contributed by atoms with E-state index in [9.17, 15) is 14.4 Å². The molecule has 7 heteroatoms. The number of rotatable bonds is 8. The molecular formula is C30H40N2O5. The van der Waals surface area contributed by atoms with Gasteiger partial charge < -0.3 is 19.7 Å². The average molecular weight is 509 g/mol. The molecule has 2 amide bonds. The lowest BCUT2D eigenvalue weighted by Gasteiger charge is -2.43. The molecule has 0 spiro atoms. The van der Waals surface area contributed by atoms with Crippen molar-refractivity contribution in [1.82, 2.24) is 10.2 Å². The summed E-state index contributed by atoms with van der Waals surface area (Å²) in [5, 5.41) is 2.95. The summed E-state index contributed by atoms with van der Waals surface area (Å²) in [7, 11) is 0. The van der Waals surface area contributed by atoms with Gasteiger partial charge in [0.25, 0.3) is 0 Å². The number of nitrogens with one attached hydrogen (secondary N) is 1. The van der Waals surface area contributed by atoms with Crippen molar-refractivity contribution in [1.29, 1.82) is 0 Å². The summed E-state index contributed by atoms with van der Waals surface area (Å²) >= 11 is 0. The van der Waals surface area contributed by atoms with Gasteiger partial charge in [-0.25, -0.2) is 4.79 Å². The maximum Gasteiger partial charge on any atom is 0.407 e. The first-order valence-corrected chi connectivity index (χ1v) is 13.1. The van der Waals surface area contributed by atoms with E-state index >= 15 is 0 Å². The number of alkyl carbamates (subject to hydrolysis) is 1. The molecule has 0 radical (unpaired) electrons. The number of piperidine rings is 1. The average Bonchev–Trinajstić information content (AvgIpc) is 2.81. The largest absolute Gasteiger partial charge is 0.461 e. The van der Waals surface area contributed by atoms with E-state index < -0.39 is 17.6 Å². The highest BCUT2D eigenvalue weighted by atomic mass is 16.6. The summed E-state index contributed by atoms with van der Waals surface area (Å²) in [6, 6.07) is 19.0. The molecule has 2 aromatic rings. The van der Waals surface area contributed by atoms with Crippen LogP contribution in [0.25, 0.3) is 0 Å². The molecule has 0 saturated carbocycles. The second kappa shape index (κ2) is 12.7. The van der Waals surface area contributed by atoms with Crippen LogP contribution >= 0.6 is 0 Å². The summed E-state index contributed by atoms with van der Waals surface area (Å²) in [6.07, 6.45) is 1.30. The highest BCUT2D eigenvalue weighted by molar-refractivity contribution is 5.84. The van der Waals surface area contributed by atoms with Crippen molar-refractivity contribution < 1.29 is 23.9 Å². The molecule has 1 aliphatic rings. The smallest absolute Gasteiger partial charge is 0.407 e. The van der Waals surface area contributed by atoms with Gasteiger partial charge in [-0.15, -0.1) is 0 Å². The van der Waals surface area contributed by atoms with Crippen LogP contribution in [0, 0.1) is 5.92 Å². The van der Waals surface area contributed by atoms with Crippen molar-refractivity contribution in [2.24, 2.45) is 5.92 Å². The van der Waals surface area contributed by atoms with Crippen LogP contribution in [-0.2, 0) is 32.1 Å². The number of amides is 2.